The molecule has 1 atom stereocenters. The van der Waals surface area contributed by atoms with Crippen molar-refractivity contribution in [3.8, 4) is 0 Å². The summed E-state index contributed by atoms with van der Waals surface area (Å²) >= 11 is 0. The molecule has 0 aromatic heterocycles. The first-order valence-corrected chi connectivity index (χ1v) is 5.31. The highest BCUT2D eigenvalue weighted by Gasteiger charge is 2.47. The fourth-order valence-electron chi connectivity index (χ4n) is 2.16. The summed E-state index contributed by atoms with van der Waals surface area (Å²) in [5, 5.41) is 0. The molecule has 1 unspecified atom stereocenters. The van der Waals surface area contributed by atoms with E-state index in [0.29, 0.717) is 0 Å². The standard InChI is InChI=1S/C12H14F3N/c1-7(16)12(4-5-12)8-2-3-9(11(14)15)10(13)6-8/h2-3,6-7,11H,4-5,16H2,1H3. The van der Waals surface area contributed by atoms with Gasteiger partial charge in [-0.3, -0.25) is 0 Å². The Hall–Kier alpha value is -1.03. The minimum absolute atomic E-state index is 0.0794. The molecule has 1 aromatic rings. The molecule has 0 spiro atoms. The topological polar surface area (TPSA) is 26.0 Å². The smallest absolute Gasteiger partial charge is 0.266 e. The molecule has 1 aliphatic rings. The zero-order valence-corrected chi connectivity index (χ0v) is 9.01. The van der Waals surface area contributed by atoms with Crippen LogP contribution in [0.2, 0.25) is 0 Å². The summed E-state index contributed by atoms with van der Waals surface area (Å²) in [4.78, 5) is 0. The molecule has 88 valence electrons. The molecule has 16 heavy (non-hydrogen) atoms. The van der Waals surface area contributed by atoms with E-state index in [2.05, 4.69) is 0 Å². The molecule has 4 heteroatoms. The Bertz CT molecular complexity index is 397. The van der Waals surface area contributed by atoms with Crippen molar-refractivity contribution in [3.05, 3.63) is 35.1 Å². The fraction of sp³-hybridized carbons (Fsp3) is 0.500. The Morgan fingerprint density at radius 3 is 2.31 bits per heavy atom. The number of rotatable bonds is 3. The molecule has 0 aliphatic heterocycles. The van der Waals surface area contributed by atoms with Crippen molar-refractivity contribution >= 4 is 0 Å². The van der Waals surface area contributed by atoms with Gasteiger partial charge in [-0.15, -0.1) is 0 Å². The van der Waals surface area contributed by atoms with Crippen LogP contribution in [0, 0.1) is 5.82 Å². The second-order valence-electron chi connectivity index (χ2n) is 4.48. The van der Waals surface area contributed by atoms with Crippen molar-refractivity contribution in [3.63, 3.8) is 0 Å². The molecular weight excluding hydrogens is 215 g/mol. The Labute approximate surface area is 92.5 Å². The highest BCUT2D eigenvalue weighted by molar-refractivity contribution is 5.36. The van der Waals surface area contributed by atoms with Gasteiger partial charge in [0.05, 0.1) is 5.56 Å². The van der Waals surface area contributed by atoms with Gasteiger partial charge in [-0.25, -0.2) is 13.2 Å². The largest absolute Gasteiger partial charge is 0.327 e. The molecule has 0 amide bonds. The van der Waals surface area contributed by atoms with Crippen molar-refractivity contribution in [2.24, 2.45) is 5.73 Å². The van der Waals surface area contributed by atoms with E-state index in [0.717, 1.165) is 24.5 Å². The molecule has 2 rings (SSSR count). The maximum atomic E-state index is 13.4. The Morgan fingerprint density at radius 1 is 1.31 bits per heavy atom. The normalized spacial score (nSPS) is 19.9. The van der Waals surface area contributed by atoms with Crippen LogP contribution in [0.1, 0.15) is 37.3 Å². The van der Waals surface area contributed by atoms with E-state index in [1.165, 1.54) is 6.07 Å². The molecule has 0 saturated heterocycles. The van der Waals surface area contributed by atoms with Crippen LogP contribution in [0.4, 0.5) is 13.2 Å². The lowest BCUT2D eigenvalue weighted by Gasteiger charge is -2.20. The van der Waals surface area contributed by atoms with Gasteiger partial charge in [-0.1, -0.05) is 12.1 Å². The van der Waals surface area contributed by atoms with Crippen LogP contribution in [0.5, 0.6) is 0 Å². The highest BCUT2D eigenvalue weighted by Crippen LogP contribution is 2.50. The van der Waals surface area contributed by atoms with Crippen LogP contribution < -0.4 is 5.73 Å². The quantitative estimate of drug-likeness (QED) is 0.846. The molecule has 0 radical (unpaired) electrons. The van der Waals surface area contributed by atoms with E-state index < -0.39 is 17.8 Å². The Balaban J connectivity index is 2.35. The zero-order valence-electron chi connectivity index (χ0n) is 9.01. The number of nitrogens with two attached hydrogens (primary N) is 1. The lowest BCUT2D eigenvalue weighted by Crippen LogP contribution is -2.31. The van der Waals surface area contributed by atoms with Gasteiger partial charge in [0, 0.05) is 11.5 Å². The van der Waals surface area contributed by atoms with Crippen molar-refractivity contribution in [1.82, 2.24) is 0 Å². The third-order valence-corrected chi connectivity index (χ3v) is 3.47. The van der Waals surface area contributed by atoms with E-state index in [1.807, 2.05) is 6.92 Å². The van der Waals surface area contributed by atoms with Crippen molar-refractivity contribution in [2.75, 3.05) is 0 Å². The predicted molar refractivity (Wildman–Crippen MR) is 55.9 cm³/mol. The SMILES string of the molecule is CC(N)C1(c2ccc(C(F)F)c(F)c2)CC1. The second-order valence-corrected chi connectivity index (χ2v) is 4.48. The van der Waals surface area contributed by atoms with Crippen LogP contribution >= 0.6 is 0 Å². The minimum atomic E-state index is -2.76. The van der Waals surface area contributed by atoms with Crippen LogP contribution in [0.15, 0.2) is 18.2 Å². The van der Waals surface area contributed by atoms with Gasteiger partial charge < -0.3 is 5.73 Å². The van der Waals surface area contributed by atoms with E-state index in [1.54, 1.807) is 6.07 Å². The van der Waals surface area contributed by atoms with Gasteiger partial charge in [0.2, 0.25) is 0 Å². The molecular formula is C12H14F3N. The number of halogens is 3. The summed E-state index contributed by atoms with van der Waals surface area (Å²) in [6.07, 6.45) is -0.963. The molecule has 0 bridgehead atoms. The van der Waals surface area contributed by atoms with Gasteiger partial charge in [-0.05, 0) is 31.4 Å². The van der Waals surface area contributed by atoms with Gasteiger partial charge in [0.1, 0.15) is 5.82 Å². The summed E-state index contributed by atoms with van der Waals surface area (Å²) in [6, 6.07) is 3.86. The number of alkyl halides is 2. The third-order valence-electron chi connectivity index (χ3n) is 3.47. The van der Waals surface area contributed by atoms with Crippen molar-refractivity contribution < 1.29 is 13.2 Å². The molecule has 1 nitrogen and oxygen atoms in total. The van der Waals surface area contributed by atoms with Gasteiger partial charge >= 0.3 is 0 Å². The number of benzene rings is 1. The number of hydrogen-bond acceptors (Lipinski definition) is 1. The molecule has 1 aromatic carbocycles. The summed E-state index contributed by atoms with van der Waals surface area (Å²) in [5.41, 5.74) is 5.85. The average Bonchev–Trinajstić information content (AvgIpc) is 2.97. The van der Waals surface area contributed by atoms with E-state index in [9.17, 15) is 13.2 Å². The first-order valence-electron chi connectivity index (χ1n) is 5.31. The second kappa shape index (κ2) is 3.77. The first kappa shape index (κ1) is 11.5. The van der Waals surface area contributed by atoms with Crippen LogP contribution in [-0.2, 0) is 5.41 Å². The third kappa shape index (κ3) is 1.71. The summed E-state index contributed by atoms with van der Waals surface area (Å²) < 4.78 is 38.1. The first-order chi connectivity index (χ1) is 7.47. The van der Waals surface area contributed by atoms with Crippen molar-refractivity contribution in [2.45, 2.75) is 37.6 Å². The molecule has 0 heterocycles. The number of hydrogen-bond donors (Lipinski definition) is 1. The predicted octanol–water partition coefficient (Wildman–Crippen LogP) is 3.14. The molecule has 1 aliphatic carbocycles. The highest BCUT2D eigenvalue weighted by atomic mass is 19.3. The molecule has 2 N–H and O–H groups in total. The van der Waals surface area contributed by atoms with Gasteiger partial charge in [0.15, 0.2) is 0 Å². The van der Waals surface area contributed by atoms with E-state index >= 15 is 0 Å². The van der Waals surface area contributed by atoms with E-state index in [-0.39, 0.29) is 11.5 Å². The van der Waals surface area contributed by atoms with Crippen LogP contribution in [0.3, 0.4) is 0 Å². The van der Waals surface area contributed by atoms with Crippen LogP contribution in [0.25, 0.3) is 0 Å². The maximum absolute atomic E-state index is 13.4. The minimum Gasteiger partial charge on any atom is -0.327 e. The lowest BCUT2D eigenvalue weighted by atomic mass is 9.89. The monoisotopic (exact) mass is 229 g/mol. The molecule has 1 saturated carbocycles. The average molecular weight is 229 g/mol. The summed E-state index contributed by atoms with van der Waals surface area (Å²) in [7, 11) is 0. The fourth-order valence-corrected chi connectivity index (χ4v) is 2.16. The van der Waals surface area contributed by atoms with Crippen molar-refractivity contribution in [1.29, 1.82) is 0 Å². The zero-order chi connectivity index (χ0) is 11.9. The van der Waals surface area contributed by atoms with Gasteiger partial charge in [0.25, 0.3) is 6.43 Å². The summed E-state index contributed by atoms with van der Waals surface area (Å²) in [5.74, 6) is -0.834. The Kier molecular flexibility index (Phi) is 2.70. The molecule has 1 fully saturated rings. The lowest BCUT2D eigenvalue weighted by molar-refractivity contribution is 0.146. The van der Waals surface area contributed by atoms with E-state index in [4.69, 9.17) is 5.73 Å². The van der Waals surface area contributed by atoms with Gasteiger partial charge in [-0.2, -0.15) is 0 Å². The summed E-state index contributed by atoms with van der Waals surface area (Å²) in [6.45, 7) is 1.87. The maximum Gasteiger partial charge on any atom is 0.266 e. The van der Waals surface area contributed by atoms with Crippen LogP contribution in [-0.4, -0.2) is 6.04 Å². The Morgan fingerprint density at radius 2 is 1.94 bits per heavy atom.